The highest BCUT2D eigenvalue weighted by Crippen LogP contribution is 2.28. The summed E-state index contributed by atoms with van der Waals surface area (Å²) in [5.74, 6) is -4.42. The van der Waals surface area contributed by atoms with Gasteiger partial charge in [-0.15, -0.1) is 0 Å². The van der Waals surface area contributed by atoms with Crippen molar-refractivity contribution >= 4 is 23.8 Å². The topological polar surface area (TPSA) is 238 Å². The second kappa shape index (κ2) is 13.1. The monoisotopic (exact) mass is 509 g/mol. The quantitative estimate of drug-likeness (QED) is 0.121. The van der Waals surface area contributed by atoms with E-state index in [4.69, 9.17) is 25.1 Å². The molecule has 1 fully saturated rings. The molecule has 0 aliphatic carbocycles. The van der Waals surface area contributed by atoms with Crippen molar-refractivity contribution in [2.75, 3.05) is 20.3 Å². The molecular formula is C20H35N3O12. The number of aliphatic hydroxyl groups is 3. The highest BCUT2D eigenvalue weighted by atomic mass is 16.6. The van der Waals surface area contributed by atoms with Crippen LogP contribution in [-0.4, -0.2) is 123 Å². The first kappa shape index (κ1) is 30.6. The van der Waals surface area contributed by atoms with Crippen LogP contribution in [0.4, 0.5) is 0 Å². The lowest BCUT2D eigenvalue weighted by Crippen LogP contribution is -2.66. The van der Waals surface area contributed by atoms with E-state index in [2.05, 4.69) is 5.32 Å². The van der Waals surface area contributed by atoms with Crippen molar-refractivity contribution in [3.8, 4) is 0 Å². The molecular weight excluding hydrogens is 474 g/mol. The number of nitrogens with one attached hydrogen (secondary N) is 1. The summed E-state index contributed by atoms with van der Waals surface area (Å²) in [5.41, 5.74) is 3.29. The third-order valence-corrected chi connectivity index (χ3v) is 5.51. The first-order valence-electron chi connectivity index (χ1n) is 10.8. The molecule has 0 radical (unpaired) electrons. The lowest BCUT2D eigenvalue weighted by atomic mass is 9.96. The van der Waals surface area contributed by atoms with Crippen molar-refractivity contribution in [3.63, 3.8) is 0 Å². The molecule has 1 aliphatic rings. The largest absolute Gasteiger partial charge is 0.481 e. The van der Waals surface area contributed by atoms with E-state index in [9.17, 15) is 39.6 Å². The number of rotatable bonds is 13. The number of carboxylic acids is 2. The van der Waals surface area contributed by atoms with Crippen molar-refractivity contribution in [2.24, 2.45) is 5.73 Å². The molecule has 0 bridgehead atoms. The summed E-state index contributed by atoms with van der Waals surface area (Å²) in [6, 6.07) is -2.47. The van der Waals surface area contributed by atoms with Gasteiger partial charge in [0.05, 0.1) is 25.2 Å². The zero-order chi connectivity index (χ0) is 27.1. The third kappa shape index (κ3) is 7.54. The minimum atomic E-state index is -2.40. The number of hydrogen-bond donors (Lipinski definition) is 7. The second-order valence-electron chi connectivity index (χ2n) is 8.30. The molecule has 15 nitrogen and oxygen atoms in total. The van der Waals surface area contributed by atoms with Gasteiger partial charge >= 0.3 is 11.9 Å². The van der Waals surface area contributed by atoms with Gasteiger partial charge in [-0.2, -0.15) is 0 Å². The van der Waals surface area contributed by atoms with Crippen molar-refractivity contribution in [1.82, 2.24) is 10.2 Å². The molecule has 35 heavy (non-hydrogen) atoms. The van der Waals surface area contributed by atoms with Crippen LogP contribution in [-0.2, 0) is 33.4 Å². The van der Waals surface area contributed by atoms with Crippen molar-refractivity contribution in [1.29, 1.82) is 0 Å². The van der Waals surface area contributed by atoms with Crippen LogP contribution >= 0.6 is 0 Å². The number of aliphatic carboxylic acids is 2. The molecule has 2 amide bonds. The molecule has 8 atom stereocenters. The Balaban J connectivity index is 3.31. The zero-order valence-electron chi connectivity index (χ0n) is 20.0. The fourth-order valence-corrected chi connectivity index (χ4v) is 3.80. The lowest BCUT2D eigenvalue weighted by molar-refractivity contribution is -0.269. The Hall–Kier alpha value is -2.40. The maximum Gasteiger partial charge on any atom is 0.357 e. The molecule has 1 aliphatic heterocycles. The summed E-state index contributed by atoms with van der Waals surface area (Å²) >= 11 is 0. The molecule has 0 saturated carbocycles. The molecule has 1 heterocycles. The molecule has 1 rings (SSSR count). The van der Waals surface area contributed by atoms with Gasteiger partial charge in [0.2, 0.25) is 17.5 Å². The number of amides is 2. The van der Waals surface area contributed by atoms with Gasteiger partial charge in [-0.1, -0.05) is 0 Å². The van der Waals surface area contributed by atoms with E-state index in [-0.39, 0.29) is 0 Å². The Labute approximate surface area is 201 Å². The van der Waals surface area contributed by atoms with Crippen molar-refractivity contribution < 1.29 is 58.9 Å². The molecule has 0 aromatic heterocycles. The number of ether oxygens (including phenoxy) is 3. The van der Waals surface area contributed by atoms with E-state index < -0.39 is 98.3 Å². The number of nitrogens with zero attached hydrogens (tertiary/aromatic N) is 1. The van der Waals surface area contributed by atoms with E-state index in [1.54, 1.807) is 0 Å². The average molecular weight is 510 g/mol. The van der Waals surface area contributed by atoms with Crippen LogP contribution in [0.3, 0.4) is 0 Å². The molecule has 0 spiro atoms. The van der Waals surface area contributed by atoms with E-state index in [1.807, 2.05) is 0 Å². The van der Waals surface area contributed by atoms with Crippen LogP contribution in [0.2, 0.25) is 0 Å². The Morgan fingerprint density at radius 2 is 1.80 bits per heavy atom. The predicted octanol–water partition coefficient (Wildman–Crippen LogP) is -3.20. The molecule has 15 heteroatoms. The van der Waals surface area contributed by atoms with E-state index in [1.165, 1.54) is 13.8 Å². The molecule has 202 valence electrons. The number of nitrogens with two attached hydrogens (primary N) is 1. The zero-order valence-corrected chi connectivity index (χ0v) is 20.0. The fraction of sp³-hybridized carbons (Fsp3) is 0.800. The Morgan fingerprint density at radius 3 is 2.23 bits per heavy atom. The molecule has 8 N–H and O–H groups in total. The summed E-state index contributed by atoms with van der Waals surface area (Å²) in [6.07, 6.45) is -8.13. The normalized spacial score (nSPS) is 27.8. The smallest absolute Gasteiger partial charge is 0.357 e. The van der Waals surface area contributed by atoms with Gasteiger partial charge in [0, 0.05) is 27.0 Å². The van der Waals surface area contributed by atoms with Crippen LogP contribution in [0.15, 0.2) is 0 Å². The minimum Gasteiger partial charge on any atom is -0.481 e. The summed E-state index contributed by atoms with van der Waals surface area (Å²) < 4.78 is 16.1. The Morgan fingerprint density at radius 1 is 1.20 bits per heavy atom. The van der Waals surface area contributed by atoms with Crippen LogP contribution < -0.4 is 11.1 Å². The van der Waals surface area contributed by atoms with Crippen molar-refractivity contribution in [3.05, 3.63) is 0 Å². The fourth-order valence-electron chi connectivity index (χ4n) is 3.80. The first-order chi connectivity index (χ1) is 16.2. The predicted molar refractivity (Wildman–Crippen MR) is 116 cm³/mol. The standard InChI is InChI=1S/C20H35N3O12/c1-9(34-16-14(22-11(3)25)18(30)35-12(8-24)15(16)28)7-23(17(29)10(2)21)20(33-4,19(31)32)6-5-13(26)27/h9-10,12,14-16,18,24,28,30H,5-8,21H2,1-4H3,(H,22,25)(H,26,27)(H,31,32)/t9?,10-,12+,14+,15+,16+,18-,20+/m0/s1. The highest BCUT2D eigenvalue weighted by molar-refractivity contribution is 5.88. The van der Waals surface area contributed by atoms with Gasteiger partial charge in [0.15, 0.2) is 6.29 Å². The molecule has 1 saturated heterocycles. The highest BCUT2D eigenvalue weighted by Gasteiger charge is 2.50. The SMILES string of the molecule is CO[C@](CCC(=O)O)(C(=O)O)N(CC(C)O[C@H]1[C@H](O)[C@@H](CO)O[C@H](O)[C@@H]1NC(C)=O)C(=O)[C@H](C)N. The summed E-state index contributed by atoms with van der Waals surface area (Å²) in [5, 5.41) is 51.6. The van der Waals surface area contributed by atoms with Crippen LogP contribution in [0.5, 0.6) is 0 Å². The summed E-state index contributed by atoms with van der Waals surface area (Å²) in [7, 11) is 1.00. The minimum absolute atomic E-state index is 0.489. The second-order valence-corrected chi connectivity index (χ2v) is 8.30. The first-order valence-corrected chi connectivity index (χ1v) is 10.8. The maximum absolute atomic E-state index is 12.9. The van der Waals surface area contributed by atoms with Crippen LogP contribution in [0.25, 0.3) is 0 Å². The van der Waals surface area contributed by atoms with E-state index in [0.717, 1.165) is 18.9 Å². The number of hydrogen-bond acceptors (Lipinski definition) is 11. The molecule has 0 aromatic rings. The number of carbonyl (C=O) groups excluding carboxylic acids is 2. The number of aliphatic hydroxyl groups excluding tert-OH is 3. The van der Waals surface area contributed by atoms with Gasteiger partial charge in [-0.05, 0) is 13.8 Å². The number of carbonyl (C=O) groups is 4. The number of methoxy groups -OCH3 is 1. The van der Waals surface area contributed by atoms with Crippen LogP contribution in [0, 0.1) is 0 Å². The summed E-state index contributed by atoms with van der Waals surface area (Å²) in [4.78, 5) is 48.6. The van der Waals surface area contributed by atoms with E-state index in [0.29, 0.717) is 0 Å². The van der Waals surface area contributed by atoms with Crippen LogP contribution in [0.1, 0.15) is 33.6 Å². The van der Waals surface area contributed by atoms with Gasteiger partial charge in [0.25, 0.3) is 0 Å². The van der Waals surface area contributed by atoms with Gasteiger partial charge < -0.3 is 55.7 Å². The Bertz CT molecular complexity index is 766. The lowest BCUT2D eigenvalue weighted by Gasteiger charge is -2.45. The maximum atomic E-state index is 12.9. The molecule has 1 unspecified atom stereocenters. The van der Waals surface area contributed by atoms with Gasteiger partial charge in [0.1, 0.15) is 24.4 Å². The third-order valence-electron chi connectivity index (χ3n) is 5.51. The van der Waals surface area contributed by atoms with Crippen molar-refractivity contribution in [2.45, 2.75) is 82.1 Å². The average Bonchev–Trinajstić information content (AvgIpc) is 2.76. The van der Waals surface area contributed by atoms with E-state index >= 15 is 0 Å². The summed E-state index contributed by atoms with van der Waals surface area (Å²) in [6.45, 7) is 2.70. The van der Waals surface area contributed by atoms with Gasteiger partial charge in [-0.25, -0.2) is 4.79 Å². The number of carboxylic acid groups (broad SMARTS) is 2. The molecule has 0 aromatic carbocycles. The Kier molecular flexibility index (Phi) is 11.4. The van der Waals surface area contributed by atoms with Gasteiger partial charge in [-0.3, -0.25) is 14.4 Å².